The van der Waals surface area contributed by atoms with E-state index in [0.29, 0.717) is 44.2 Å². The van der Waals surface area contributed by atoms with Crippen LogP contribution in [0.5, 0.6) is 0 Å². The monoisotopic (exact) mass is 387 g/mol. The summed E-state index contributed by atoms with van der Waals surface area (Å²) in [6.07, 6.45) is -0.398. The van der Waals surface area contributed by atoms with Gasteiger partial charge in [-0.1, -0.05) is 0 Å². The molecule has 2 amide bonds. The number of aromatic nitrogens is 2. The van der Waals surface area contributed by atoms with E-state index in [1.807, 2.05) is 0 Å². The number of sulfonamides is 1. The van der Waals surface area contributed by atoms with Crippen molar-refractivity contribution in [2.24, 2.45) is 0 Å². The number of aromatic amines is 1. The van der Waals surface area contributed by atoms with Gasteiger partial charge in [-0.3, -0.25) is 9.89 Å². The number of carbonyl (C=O) groups is 2. The third-order valence-electron chi connectivity index (χ3n) is 4.25. The van der Waals surface area contributed by atoms with Crippen LogP contribution in [0.25, 0.3) is 0 Å². The summed E-state index contributed by atoms with van der Waals surface area (Å²) in [4.78, 5) is 27.3. The fourth-order valence-electron chi connectivity index (χ4n) is 2.81. The molecule has 146 valence electrons. The normalized spacial score (nSPS) is 15.4. The van der Waals surface area contributed by atoms with Crippen molar-refractivity contribution in [3.05, 3.63) is 11.4 Å². The Morgan fingerprint density at radius 1 is 1.19 bits per heavy atom. The number of rotatable bonds is 5. The van der Waals surface area contributed by atoms with E-state index in [4.69, 9.17) is 4.74 Å². The summed E-state index contributed by atoms with van der Waals surface area (Å²) >= 11 is 0. The number of ether oxygens (including phenoxy) is 1. The summed E-state index contributed by atoms with van der Waals surface area (Å²) < 4.78 is 31.3. The van der Waals surface area contributed by atoms with E-state index in [0.717, 1.165) is 4.31 Å². The highest BCUT2D eigenvalue weighted by Crippen LogP contribution is 2.20. The van der Waals surface area contributed by atoms with Gasteiger partial charge in [0.15, 0.2) is 0 Å². The van der Waals surface area contributed by atoms with Gasteiger partial charge in [0.1, 0.15) is 4.90 Å². The van der Waals surface area contributed by atoms with Crippen molar-refractivity contribution >= 4 is 22.0 Å². The molecule has 0 aliphatic carbocycles. The average Bonchev–Trinajstić information content (AvgIpc) is 2.94. The van der Waals surface area contributed by atoms with Gasteiger partial charge in [0.05, 0.1) is 24.5 Å². The van der Waals surface area contributed by atoms with Crippen molar-refractivity contribution in [2.75, 3.05) is 46.4 Å². The van der Waals surface area contributed by atoms with Crippen LogP contribution in [0.1, 0.15) is 18.3 Å². The minimum absolute atomic E-state index is 0.0972. The van der Waals surface area contributed by atoms with Crippen molar-refractivity contribution in [3.8, 4) is 0 Å². The van der Waals surface area contributed by atoms with Crippen LogP contribution in [0.4, 0.5) is 4.79 Å². The molecule has 0 spiro atoms. The van der Waals surface area contributed by atoms with E-state index >= 15 is 0 Å². The summed E-state index contributed by atoms with van der Waals surface area (Å²) in [7, 11) is -2.45. The number of carbonyl (C=O) groups excluding carboxylic acids is 2. The molecular weight excluding hydrogens is 362 g/mol. The summed E-state index contributed by atoms with van der Waals surface area (Å²) in [5.41, 5.74) is 0.801. The molecule has 1 saturated heterocycles. The first kappa shape index (κ1) is 20.2. The molecular formula is C15H25N5O5S. The van der Waals surface area contributed by atoms with E-state index in [1.165, 1.54) is 11.9 Å². The standard InChI is InChI=1S/C15H25N5O5S/c1-5-25-15(22)20-8-6-19(7-9-20)13(21)10-18(4)26(23,24)14-11(2)16-17-12(14)3/h5-10H2,1-4H3,(H,16,17). The Morgan fingerprint density at radius 2 is 1.77 bits per heavy atom. The summed E-state index contributed by atoms with van der Waals surface area (Å²) in [5, 5.41) is 6.54. The summed E-state index contributed by atoms with van der Waals surface area (Å²) in [5.74, 6) is -0.307. The molecule has 0 aromatic carbocycles. The maximum Gasteiger partial charge on any atom is 0.409 e. The number of nitrogens with one attached hydrogen (secondary N) is 1. The predicted molar refractivity (Wildman–Crippen MR) is 93.1 cm³/mol. The Kier molecular flexibility index (Phi) is 6.24. The number of likely N-dealkylation sites (N-methyl/N-ethyl adjacent to an activating group) is 1. The van der Waals surface area contributed by atoms with Crippen molar-refractivity contribution in [1.82, 2.24) is 24.3 Å². The predicted octanol–water partition coefficient (Wildman–Crippen LogP) is -0.0523. The zero-order chi connectivity index (χ0) is 19.5. The van der Waals surface area contributed by atoms with Gasteiger partial charge in [0.2, 0.25) is 15.9 Å². The maximum atomic E-state index is 12.7. The van der Waals surface area contributed by atoms with E-state index in [9.17, 15) is 18.0 Å². The lowest BCUT2D eigenvalue weighted by atomic mass is 10.3. The first-order valence-corrected chi connectivity index (χ1v) is 9.79. The molecule has 1 aliphatic rings. The highest BCUT2D eigenvalue weighted by molar-refractivity contribution is 7.89. The quantitative estimate of drug-likeness (QED) is 0.757. The van der Waals surface area contributed by atoms with Crippen molar-refractivity contribution in [2.45, 2.75) is 25.7 Å². The van der Waals surface area contributed by atoms with Crippen molar-refractivity contribution < 1.29 is 22.7 Å². The summed E-state index contributed by atoms with van der Waals surface area (Å²) in [6, 6.07) is 0. The van der Waals surface area contributed by atoms with Crippen LogP contribution in [0, 0.1) is 13.8 Å². The second-order valence-corrected chi connectivity index (χ2v) is 8.07. The molecule has 1 aliphatic heterocycles. The number of amides is 2. The van der Waals surface area contributed by atoms with Crippen molar-refractivity contribution in [1.29, 1.82) is 0 Å². The maximum absolute atomic E-state index is 12.7. The topological polar surface area (TPSA) is 116 Å². The van der Waals surface area contributed by atoms with Gasteiger partial charge in [-0.25, -0.2) is 13.2 Å². The Morgan fingerprint density at radius 3 is 2.27 bits per heavy atom. The Balaban J connectivity index is 1.97. The third-order valence-corrected chi connectivity index (χ3v) is 6.31. The van der Waals surface area contributed by atoms with E-state index in [2.05, 4.69) is 10.2 Å². The van der Waals surface area contributed by atoms with Gasteiger partial charge in [0.25, 0.3) is 0 Å². The van der Waals surface area contributed by atoms with Gasteiger partial charge in [-0.2, -0.15) is 9.40 Å². The molecule has 10 nitrogen and oxygen atoms in total. The second kappa shape index (κ2) is 8.04. The summed E-state index contributed by atoms with van der Waals surface area (Å²) in [6.45, 7) is 6.39. The van der Waals surface area contributed by atoms with Crippen LogP contribution in [0.15, 0.2) is 4.90 Å². The average molecular weight is 387 g/mol. The van der Waals surface area contributed by atoms with E-state index in [-0.39, 0.29) is 17.3 Å². The molecule has 26 heavy (non-hydrogen) atoms. The van der Waals surface area contributed by atoms with Crippen LogP contribution in [-0.4, -0.2) is 91.1 Å². The molecule has 0 radical (unpaired) electrons. The van der Waals surface area contributed by atoms with Gasteiger partial charge in [0, 0.05) is 33.2 Å². The molecule has 1 fully saturated rings. The van der Waals surface area contributed by atoms with E-state index < -0.39 is 16.1 Å². The number of nitrogens with zero attached hydrogens (tertiary/aromatic N) is 4. The highest BCUT2D eigenvalue weighted by atomic mass is 32.2. The number of hydrogen-bond donors (Lipinski definition) is 1. The van der Waals surface area contributed by atoms with Gasteiger partial charge in [-0.05, 0) is 20.8 Å². The number of hydrogen-bond acceptors (Lipinski definition) is 6. The molecule has 11 heteroatoms. The second-order valence-electron chi connectivity index (χ2n) is 6.09. The Labute approximate surface area is 153 Å². The molecule has 1 N–H and O–H groups in total. The van der Waals surface area contributed by atoms with Crippen LogP contribution in [0.3, 0.4) is 0 Å². The number of aryl methyl sites for hydroxylation is 2. The van der Waals surface area contributed by atoms with Gasteiger partial charge < -0.3 is 14.5 Å². The largest absolute Gasteiger partial charge is 0.450 e. The third kappa shape index (κ3) is 4.15. The fourth-order valence-corrected chi connectivity index (χ4v) is 4.25. The SMILES string of the molecule is CCOC(=O)N1CCN(C(=O)CN(C)S(=O)(=O)c2c(C)n[nH]c2C)CC1. The first-order chi connectivity index (χ1) is 12.2. The Bertz CT molecular complexity index is 748. The molecule has 2 rings (SSSR count). The molecule has 2 heterocycles. The van der Waals surface area contributed by atoms with E-state index in [1.54, 1.807) is 25.7 Å². The molecule has 0 saturated carbocycles. The minimum atomic E-state index is -3.81. The zero-order valence-electron chi connectivity index (χ0n) is 15.5. The zero-order valence-corrected chi connectivity index (χ0v) is 16.3. The molecule has 0 unspecified atom stereocenters. The molecule has 1 aromatic rings. The number of piperazine rings is 1. The fraction of sp³-hybridized carbons (Fsp3) is 0.667. The molecule has 1 aromatic heterocycles. The van der Waals surface area contributed by atoms with Crippen LogP contribution >= 0.6 is 0 Å². The van der Waals surface area contributed by atoms with Gasteiger partial charge >= 0.3 is 6.09 Å². The van der Waals surface area contributed by atoms with Crippen LogP contribution < -0.4 is 0 Å². The lowest BCUT2D eigenvalue weighted by Crippen LogP contribution is -2.52. The van der Waals surface area contributed by atoms with Crippen molar-refractivity contribution in [3.63, 3.8) is 0 Å². The van der Waals surface area contributed by atoms with Crippen LogP contribution in [0.2, 0.25) is 0 Å². The molecule has 0 bridgehead atoms. The van der Waals surface area contributed by atoms with Gasteiger partial charge in [-0.15, -0.1) is 0 Å². The molecule has 0 atom stereocenters. The highest BCUT2D eigenvalue weighted by Gasteiger charge is 2.31. The lowest BCUT2D eigenvalue weighted by Gasteiger charge is -2.34. The van der Waals surface area contributed by atoms with Crippen LogP contribution in [-0.2, 0) is 19.6 Å². The Hall–Kier alpha value is -2.14. The lowest BCUT2D eigenvalue weighted by molar-refractivity contribution is -0.132. The number of H-pyrrole nitrogens is 1. The minimum Gasteiger partial charge on any atom is -0.450 e. The smallest absolute Gasteiger partial charge is 0.409 e. The first-order valence-electron chi connectivity index (χ1n) is 8.35.